The van der Waals surface area contributed by atoms with Crippen molar-refractivity contribution in [3.8, 4) is 0 Å². The highest BCUT2D eigenvalue weighted by molar-refractivity contribution is 6.48. The first-order valence-electron chi connectivity index (χ1n) is 9.61. The molecule has 0 bridgehead atoms. The lowest BCUT2D eigenvalue weighted by Crippen LogP contribution is -2.50. The van der Waals surface area contributed by atoms with Crippen LogP contribution in [0.25, 0.3) is 0 Å². The van der Waals surface area contributed by atoms with Crippen molar-refractivity contribution in [2.75, 3.05) is 0 Å². The third-order valence-electron chi connectivity index (χ3n) is 5.84. The van der Waals surface area contributed by atoms with Gasteiger partial charge in [-0.3, -0.25) is 0 Å². The number of nitrogens with zero attached hydrogens (tertiary/aromatic N) is 1. The van der Waals surface area contributed by atoms with Crippen LogP contribution in [0.2, 0.25) is 15.1 Å². The molecule has 2 aliphatic rings. The van der Waals surface area contributed by atoms with Gasteiger partial charge in [0.25, 0.3) is 5.60 Å². The Morgan fingerprint density at radius 2 is 1.67 bits per heavy atom. The molecule has 0 aromatic heterocycles. The first-order chi connectivity index (χ1) is 15.3. The molecular formula is C21H15Cl3F4N2O3. The summed E-state index contributed by atoms with van der Waals surface area (Å²) in [5.41, 5.74) is -4.26. The van der Waals surface area contributed by atoms with Crippen molar-refractivity contribution in [1.82, 2.24) is 5.32 Å². The number of rotatable bonds is 4. The first kappa shape index (κ1) is 23.9. The van der Waals surface area contributed by atoms with Crippen molar-refractivity contribution < 1.29 is 32.3 Å². The Balaban J connectivity index is 1.56. The minimum absolute atomic E-state index is 0.00741. The number of halogens is 7. The van der Waals surface area contributed by atoms with Gasteiger partial charge in [-0.2, -0.15) is 13.2 Å². The normalized spacial score (nSPS) is 26.9. The molecule has 176 valence electrons. The molecule has 4 rings (SSSR count). The van der Waals surface area contributed by atoms with Crippen LogP contribution in [0.4, 0.5) is 22.4 Å². The Morgan fingerprint density at radius 1 is 1.09 bits per heavy atom. The van der Waals surface area contributed by atoms with E-state index in [9.17, 15) is 22.4 Å². The number of nitrogens with one attached hydrogen (secondary N) is 1. The van der Waals surface area contributed by atoms with Crippen LogP contribution in [-0.4, -0.2) is 29.1 Å². The maximum Gasteiger partial charge on any atom is 0.435 e. The third kappa shape index (κ3) is 4.22. The van der Waals surface area contributed by atoms with E-state index in [0.717, 1.165) is 12.1 Å². The predicted molar refractivity (Wildman–Crippen MR) is 115 cm³/mol. The summed E-state index contributed by atoms with van der Waals surface area (Å²) in [7, 11) is 0. The lowest BCUT2D eigenvalue weighted by atomic mass is 9.72. The summed E-state index contributed by atoms with van der Waals surface area (Å²) in [6.45, 7) is 0. The van der Waals surface area contributed by atoms with Gasteiger partial charge >= 0.3 is 12.3 Å². The monoisotopic (exact) mass is 524 g/mol. The van der Waals surface area contributed by atoms with Gasteiger partial charge < -0.3 is 15.3 Å². The molecule has 2 N–H and O–H groups in total. The van der Waals surface area contributed by atoms with Gasteiger partial charge in [0.2, 0.25) is 0 Å². The molecule has 0 radical (unpaired) electrons. The number of hydrogen-bond donors (Lipinski definition) is 2. The van der Waals surface area contributed by atoms with Crippen LogP contribution in [0.5, 0.6) is 0 Å². The van der Waals surface area contributed by atoms with E-state index in [0.29, 0.717) is 11.1 Å². The largest absolute Gasteiger partial charge is 0.465 e. The fraction of sp³-hybridized carbons (Fsp3) is 0.333. The van der Waals surface area contributed by atoms with Gasteiger partial charge in [0.15, 0.2) is 0 Å². The highest BCUT2D eigenvalue weighted by Crippen LogP contribution is 2.51. The Morgan fingerprint density at radius 3 is 2.18 bits per heavy atom. The summed E-state index contributed by atoms with van der Waals surface area (Å²) in [6, 6.07) is 7.36. The number of carbonyl (C=O) groups is 1. The van der Waals surface area contributed by atoms with E-state index in [1.54, 1.807) is 0 Å². The van der Waals surface area contributed by atoms with Gasteiger partial charge in [0.1, 0.15) is 5.67 Å². The maximum absolute atomic E-state index is 15.0. The summed E-state index contributed by atoms with van der Waals surface area (Å²) in [5, 5.41) is 14.2. The summed E-state index contributed by atoms with van der Waals surface area (Å²) in [4.78, 5) is 15.6. The maximum atomic E-state index is 15.0. The zero-order valence-electron chi connectivity index (χ0n) is 16.5. The lowest BCUT2D eigenvalue weighted by Gasteiger charge is -2.41. The van der Waals surface area contributed by atoms with Crippen molar-refractivity contribution in [3.63, 3.8) is 0 Å². The highest BCUT2D eigenvalue weighted by atomic mass is 35.5. The molecule has 0 spiro atoms. The topological polar surface area (TPSA) is 70.9 Å². The fourth-order valence-electron chi connectivity index (χ4n) is 4.04. The van der Waals surface area contributed by atoms with Gasteiger partial charge in [0.05, 0.1) is 20.8 Å². The standard InChI is InChI=1S/C21H15Cl3F4N2O3/c22-14-5-12(6-15(23)17(14)24)20(21(26,27)28)9-16(30-33-20)10-1-3-11(4-2-10)19(25)7-13(8-19)29-18(31)32/h1-6,13,29H,7-9H2,(H,31,32). The molecule has 33 heavy (non-hydrogen) atoms. The van der Waals surface area contributed by atoms with Crippen molar-refractivity contribution in [1.29, 1.82) is 0 Å². The molecule has 5 nitrogen and oxygen atoms in total. The Hall–Kier alpha value is -2.23. The van der Waals surface area contributed by atoms with Gasteiger partial charge in [-0.25, -0.2) is 9.18 Å². The average Bonchev–Trinajstić information content (AvgIpc) is 3.17. The quantitative estimate of drug-likeness (QED) is 0.340. The van der Waals surface area contributed by atoms with Crippen LogP contribution < -0.4 is 5.32 Å². The van der Waals surface area contributed by atoms with E-state index in [-0.39, 0.29) is 39.2 Å². The zero-order valence-corrected chi connectivity index (χ0v) is 18.8. The minimum Gasteiger partial charge on any atom is -0.465 e. The molecule has 1 saturated carbocycles. The molecule has 1 aliphatic carbocycles. The van der Waals surface area contributed by atoms with Crippen LogP contribution >= 0.6 is 34.8 Å². The smallest absolute Gasteiger partial charge is 0.435 e. The van der Waals surface area contributed by atoms with Gasteiger partial charge in [-0.15, -0.1) is 0 Å². The van der Waals surface area contributed by atoms with E-state index in [1.807, 2.05) is 0 Å². The van der Waals surface area contributed by atoms with Crippen LogP contribution in [-0.2, 0) is 16.1 Å². The molecule has 1 unspecified atom stereocenters. The second kappa shape index (κ2) is 8.21. The van der Waals surface area contributed by atoms with E-state index < -0.39 is 36.0 Å². The number of amides is 1. The van der Waals surface area contributed by atoms with Crippen LogP contribution in [0, 0.1) is 0 Å². The second-order valence-electron chi connectivity index (χ2n) is 7.98. The molecule has 0 saturated heterocycles. The van der Waals surface area contributed by atoms with E-state index in [2.05, 4.69) is 10.5 Å². The van der Waals surface area contributed by atoms with Gasteiger partial charge in [-0.05, 0) is 23.3 Å². The number of carboxylic acid groups (broad SMARTS) is 1. The molecule has 1 amide bonds. The number of oxime groups is 1. The van der Waals surface area contributed by atoms with Crippen molar-refractivity contribution >= 4 is 46.6 Å². The predicted octanol–water partition coefficient (Wildman–Crippen LogP) is 6.82. The highest BCUT2D eigenvalue weighted by Gasteiger charge is 2.62. The molecule has 2 aromatic carbocycles. The molecule has 12 heteroatoms. The van der Waals surface area contributed by atoms with Crippen molar-refractivity contribution in [2.24, 2.45) is 5.16 Å². The summed E-state index contributed by atoms with van der Waals surface area (Å²) in [6.07, 6.45) is -6.81. The number of hydrogen-bond acceptors (Lipinski definition) is 3. The Bertz CT molecular complexity index is 1110. The van der Waals surface area contributed by atoms with Crippen LogP contribution in [0.1, 0.15) is 36.0 Å². The number of benzene rings is 2. The molecular weight excluding hydrogens is 511 g/mol. The molecule has 2 aromatic rings. The van der Waals surface area contributed by atoms with Crippen molar-refractivity contribution in [2.45, 2.75) is 42.8 Å². The minimum atomic E-state index is -4.86. The van der Waals surface area contributed by atoms with E-state index in [1.165, 1.54) is 24.3 Å². The van der Waals surface area contributed by atoms with Crippen LogP contribution in [0.15, 0.2) is 41.6 Å². The Kier molecular flexibility index (Phi) is 5.95. The molecule has 1 atom stereocenters. The van der Waals surface area contributed by atoms with E-state index in [4.69, 9.17) is 44.7 Å². The molecule has 1 fully saturated rings. The van der Waals surface area contributed by atoms with Crippen LogP contribution in [0.3, 0.4) is 0 Å². The average molecular weight is 526 g/mol. The lowest BCUT2D eigenvalue weighted by molar-refractivity contribution is -0.275. The van der Waals surface area contributed by atoms with Crippen molar-refractivity contribution in [3.05, 3.63) is 68.2 Å². The molecule has 1 heterocycles. The van der Waals surface area contributed by atoms with Gasteiger partial charge in [0, 0.05) is 30.9 Å². The SMILES string of the molecule is O=C(O)NC1CC(F)(c2ccc(C3=NOC(c4cc(Cl)c(Cl)c(Cl)c4)(C(F)(F)F)C3)cc2)C1. The summed E-state index contributed by atoms with van der Waals surface area (Å²) >= 11 is 17.7. The number of alkyl halides is 4. The van der Waals surface area contributed by atoms with E-state index >= 15 is 0 Å². The third-order valence-corrected chi connectivity index (χ3v) is 7.04. The fourth-order valence-corrected chi connectivity index (χ4v) is 4.64. The zero-order chi connectivity index (χ0) is 24.2. The summed E-state index contributed by atoms with van der Waals surface area (Å²) < 4.78 is 57.4. The molecule has 1 aliphatic heterocycles. The first-order valence-corrected chi connectivity index (χ1v) is 10.7. The van der Waals surface area contributed by atoms with Gasteiger partial charge in [-0.1, -0.05) is 64.2 Å². The summed E-state index contributed by atoms with van der Waals surface area (Å²) in [5.74, 6) is 0. The second-order valence-corrected chi connectivity index (χ2v) is 9.17. The Labute approximate surface area is 200 Å².